The van der Waals surface area contributed by atoms with Gasteiger partial charge in [-0.1, -0.05) is 42.5 Å². The van der Waals surface area contributed by atoms with Crippen LogP contribution in [0.4, 0.5) is 4.79 Å². The van der Waals surface area contributed by atoms with Crippen molar-refractivity contribution in [2.75, 3.05) is 13.2 Å². The van der Waals surface area contributed by atoms with Crippen molar-refractivity contribution in [1.29, 1.82) is 0 Å². The number of imide groups is 1. The first-order valence-electron chi connectivity index (χ1n) is 8.53. The molecule has 4 rings (SSSR count). The van der Waals surface area contributed by atoms with Crippen molar-refractivity contribution in [2.24, 2.45) is 0 Å². The highest BCUT2D eigenvalue weighted by Crippen LogP contribution is 2.41. The minimum Gasteiger partial charge on any atom is -0.491 e. The second kappa shape index (κ2) is 5.92. The normalized spacial score (nSPS) is 21.6. The molecule has 2 aromatic carbocycles. The van der Waals surface area contributed by atoms with Crippen LogP contribution >= 0.6 is 0 Å². The van der Waals surface area contributed by atoms with Crippen LogP contribution in [-0.2, 0) is 16.8 Å². The number of hydrogen-bond donors (Lipinski definition) is 1. The zero-order valence-electron chi connectivity index (χ0n) is 14.1. The molecular formula is C20H20N2O3. The average Bonchev–Trinajstić information content (AvgIpc) is 3.10. The van der Waals surface area contributed by atoms with E-state index in [-0.39, 0.29) is 25.1 Å². The molecule has 0 bridgehead atoms. The summed E-state index contributed by atoms with van der Waals surface area (Å²) in [5.41, 5.74) is 2.20. The number of fused-ring (bicyclic) bond motifs is 2. The Morgan fingerprint density at radius 2 is 1.88 bits per heavy atom. The van der Waals surface area contributed by atoms with Crippen molar-refractivity contribution in [3.63, 3.8) is 0 Å². The minimum atomic E-state index is -0.893. The molecular weight excluding hydrogens is 316 g/mol. The number of amides is 3. The highest BCUT2D eigenvalue weighted by atomic mass is 16.5. The Morgan fingerprint density at radius 1 is 1.12 bits per heavy atom. The summed E-state index contributed by atoms with van der Waals surface area (Å²) < 4.78 is 5.74. The summed E-state index contributed by atoms with van der Waals surface area (Å²) in [6.07, 6.45) is 1.42. The lowest BCUT2D eigenvalue weighted by molar-refractivity contribution is -0.131. The van der Waals surface area contributed by atoms with E-state index in [2.05, 4.69) is 5.32 Å². The van der Waals surface area contributed by atoms with Crippen LogP contribution in [0, 0.1) is 6.92 Å². The highest BCUT2D eigenvalue weighted by molar-refractivity contribution is 6.08. The van der Waals surface area contributed by atoms with Gasteiger partial charge in [-0.15, -0.1) is 0 Å². The summed E-state index contributed by atoms with van der Waals surface area (Å²) >= 11 is 0. The van der Waals surface area contributed by atoms with Crippen LogP contribution in [0.2, 0.25) is 0 Å². The maximum atomic E-state index is 13.0. The predicted octanol–water partition coefficient (Wildman–Crippen LogP) is 2.77. The number of aryl methyl sites for hydroxylation is 2. The smallest absolute Gasteiger partial charge is 0.325 e. The number of nitrogens with one attached hydrogen (secondary N) is 1. The molecule has 1 spiro atoms. The number of ether oxygens (including phenoxy) is 1. The summed E-state index contributed by atoms with van der Waals surface area (Å²) in [6, 6.07) is 15.2. The third-order valence-corrected chi connectivity index (χ3v) is 5.09. The Labute approximate surface area is 146 Å². The largest absolute Gasteiger partial charge is 0.491 e. The average molecular weight is 336 g/mol. The number of nitrogens with zero attached hydrogens (tertiary/aromatic N) is 1. The second-order valence-electron chi connectivity index (χ2n) is 6.56. The molecule has 5 heteroatoms. The lowest BCUT2D eigenvalue weighted by atomic mass is 9.92. The molecule has 1 aliphatic carbocycles. The first-order chi connectivity index (χ1) is 12.1. The maximum absolute atomic E-state index is 13.0. The number of hydrogen-bond acceptors (Lipinski definition) is 3. The third kappa shape index (κ3) is 2.47. The molecule has 0 unspecified atom stereocenters. The van der Waals surface area contributed by atoms with E-state index in [4.69, 9.17) is 4.74 Å². The Bertz CT molecular complexity index is 848. The van der Waals surface area contributed by atoms with Crippen molar-refractivity contribution in [3.05, 3.63) is 65.2 Å². The van der Waals surface area contributed by atoms with Gasteiger partial charge in [0.05, 0.1) is 6.54 Å². The van der Waals surface area contributed by atoms with Gasteiger partial charge in [0.25, 0.3) is 5.91 Å². The van der Waals surface area contributed by atoms with Crippen molar-refractivity contribution in [2.45, 2.75) is 25.3 Å². The first kappa shape index (κ1) is 15.7. The van der Waals surface area contributed by atoms with Crippen molar-refractivity contribution < 1.29 is 14.3 Å². The predicted molar refractivity (Wildman–Crippen MR) is 93.4 cm³/mol. The zero-order valence-corrected chi connectivity index (χ0v) is 14.1. The fourth-order valence-electron chi connectivity index (χ4n) is 3.76. The molecule has 25 heavy (non-hydrogen) atoms. The molecule has 1 atom stereocenters. The van der Waals surface area contributed by atoms with Gasteiger partial charge < -0.3 is 10.1 Å². The summed E-state index contributed by atoms with van der Waals surface area (Å²) in [7, 11) is 0. The van der Waals surface area contributed by atoms with E-state index < -0.39 is 5.54 Å². The van der Waals surface area contributed by atoms with Crippen molar-refractivity contribution in [3.8, 4) is 5.75 Å². The summed E-state index contributed by atoms with van der Waals surface area (Å²) in [5, 5.41) is 2.93. The van der Waals surface area contributed by atoms with Gasteiger partial charge in [0.2, 0.25) is 0 Å². The van der Waals surface area contributed by atoms with E-state index in [0.29, 0.717) is 6.42 Å². The maximum Gasteiger partial charge on any atom is 0.325 e. The van der Waals surface area contributed by atoms with Gasteiger partial charge in [-0.2, -0.15) is 0 Å². The minimum absolute atomic E-state index is 0.171. The van der Waals surface area contributed by atoms with Gasteiger partial charge in [0.1, 0.15) is 17.9 Å². The molecule has 2 aromatic rings. The summed E-state index contributed by atoms with van der Waals surface area (Å²) in [6.45, 7) is 2.48. The monoisotopic (exact) mass is 336 g/mol. The van der Waals surface area contributed by atoms with Crippen LogP contribution in [0.15, 0.2) is 48.5 Å². The van der Waals surface area contributed by atoms with Gasteiger partial charge in [0, 0.05) is 0 Å². The molecule has 1 N–H and O–H groups in total. The molecule has 0 radical (unpaired) electrons. The lowest BCUT2D eigenvalue weighted by Crippen LogP contribution is -2.42. The van der Waals surface area contributed by atoms with Gasteiger partial charge in [-0.25, -0.2) is 4.79 Å². The molecule has 1 saturated heterocycles. The van der Waals surface area contributed by atoms with Crippen LogP contribution in [0.1, 0.15) is 23.1 Å². The number of carbonyl (C=O) groups is 2. The fourth-order valence-corrected chi connectivity index (χ4v) is 3.76. The van der Waals surface area contributed by atoms with Crippen LogP contribution in [0.3, 0.4) is 0 Å². The van der Waals surface area contributed by atoms with Crippen molar-refractivity contribution in [1.82, 2.24) is 10.2 Å². The molecule has 5 nitrogen and oxygen atoms in total. The van der Waals surface area contributed by atoms with E-state index in [9.17, 15) is 9.59 Å². The molecule has 1 aliphatic heterocycles. The number of para-hydroxylation sites is 1. The summed E-state index contributed by atoms with van der Waals surface area (Å²) in [4.78, 5) is 26.7. The number of benzene rings is 2. The zero-order chi connectivity index (χ0) is 17.4. The molecule has 2 aliphatic rings. The quantitative estimate of drug-likeness (QED) is 0.874. The Morgan fingerprint density at radius 3 is 2.72 bits per heavy atom. The first-order valence-corrected chi connectivity index (χ1v) is 8.53. The molecule has 1 heterocycles. The van der Waals surface area contributed by atoms with Crippen LogP contribution in [0.25, 0.3) is 0 Å². The molecule has 0 saturated carbocycles. The number of urea groups is 1. The Kier molecular flexibility index (Phi) is 3.71. The van der Waals surface area contributed by atoms with Crippen LogP contribution < -0.4 is 10.1 Å². The number of carbonyl (C=O) groups excluding carboxylic acids is 2. The molecule has 3 amide bonds. The van der Waals surface area contributed by atoms with Gasteiger partial charge in [-0.3, -0.25) is 9.69 Å². The van der Waals surface area contributed by atoms with Gasteiger partial charge in [-0.05, 0) is 42.5 Å². The van der Waals surface area contributed by atoms with Gasteiger partial charge in [0.15, 0.2) is 0 Å². The molecule has 1 fully saturated rings. The third-order valence-electron chi connectivity index (χ3n) is 5.09. The Balaban J connectivity index is 1.49. The lowest BCUT2D eigenvalue weighted by Gasteiger charge is -2.22. The van der Waals surface area contributed by atoms with E-state index in [1.807, 2.05) is 55.5 Å². The second-order valence-corrected chi connectivity index (χ2v) is 6.56. The molecule has 0 aromatic heterocycles. The summed E-state index contributed by atoms with van der Waals surface area (Å²) in [5.74, 6) is 0.603. The highest BCUT2D eigenvalue weighted by Gasteiger charge is 2.54. The van der Waals surface area contributed by atoms with Crippen molar-refractivity contribution >= 4 is 11.9 Å². The van der Waals surface area contributed by atoms with Crippen LogP contribution in [-0.4, -0.2) is 30.0 Å². The standard InChI is InChI=1S/C20H20N2O3/c1-14-6-2-5-9-17(14)25-13-12-22-18(23)20(21-19(22)24)11-10-15-7-3-4-8-16(15)20/h2-9H,10-13H2,1H3,(H,21,24)/t20-/m0/s1. The van der Waals surface area contributed by atoms with E-state index in [1.165, 1.54) is 4.90 Å². The SMILES string of the molecule is Cc1ccccc1OCCN1C(=O)N[C@]2(CCc3ccccc32)C1=O. The van der Waals surface area contributed by atoms with Gasteiger partial charge >= 0.3 is 6.03 Å². The van der Waals surface area contributed by atoms with E-state index >= 15 is 0 Å². The topological polar surface area (TPSA) is 58.6 Å². The fraction of sp³-hybridized carbons (Fsp3) is 0.300. The number of rotatable bonds is 4. The molecule has 128 valence electrons. The van der Waals surface area contributed by atoms with Crippen LogP contribution in [0.5, 0.6) is 5.75 Å². The van der Waals surface area contributed by atoms with E-state index in [0.717, 1.165) is 28.9 Å². The Hall–Kier alpha value is -2.82. The van der Waals surface area contributed by atoms with E-state index in [1.54, 1.807) is 0 Å².